The molecule has 232 valence electrons. The van der Waals surface area contributed by atoms with Gasteiger partial charge in [-0.1, -0.05) is 128 Å². The van der Waals surface area contributed by atoms with E-state index < -0.39 is 6.29 Å². The summed E-state index contributed by atoms with van der Waals surface area (Å²) in [5.41, 5.74) is 6.44. The molecular formula is C39H43N3O3. The van der Waals surface area contributed by atoms with Crippen LogP contribution in [0.2, 0.25) is 0 Å². The molecule has 0 bridgehead atoms. The third-order valence-electron chi connectivity index (χ3n) is 8.23. The van der Waals surface area contributed by atoms with Gasteiger partial charge in [0.25, 0.3) is 0 Å². The molecule has 4 aromatic carbocycles. The van der Waals surface area contributed by atoms with Gasteiger partial charge >= 0.3 is 0 Å². The van der Waals surface area contributed by atoms with E-state index in [1.165, 1.54) is 11.1 Å². The lowest BCUT2D eigenvalue weighted by Gasteiger charge is -2.37. The van der Waals surface area contributed by atoms with Crippen LogP contribution in [0, 0.1) is 5.41 Å². The third kappa shape index (κ3) is 7.96. The number of imidazole rings is 1. The van der Waals surface area contributed by atoms with Gasteiger partial charge in [-0.15, -0.1) is 0 Å². The van der Waals surface area contributed by atoms with Crippen molar-refractivity contribution in [1.82, 2.24) is 14.5 Å². The first-order valence-electron chi connectivity index (χ1n) is 15.9. The van der Waals surface area contributed by atoms with Crippen molar-refractivity contribution < 1.29 is 14.2 Å². The van der Waals surface area contributed by atoms with Crippen LogP contribution in [-0.4, -0.2) is 54.5 Å². The largest absolute Gasteiger partial charge is 0.381 e. The monoisotopic (exact) mass is 601 g/mol. The van der Waals surface area contributed by atoms with E-state index in [4.69, 9.17) is 19.2 Å². The zero-order chi connectivity index (χ0) is 30.9. The zero-order valence-corrected chi connectivity index (χ0v) is 26.3. The molecule has 0 saturated carbocycles. The summed E-state index contributed by atoms with van der Waals surface area (Å²) >= 11 is 0. The molecule has 6 heteroatoms. The summed E-state index contributed by atoms with van der Waals surface area (Å²) in [4.78, 5) is 7.57. The topological polar surface area (TPSA) is 48.8 Å². The maximum absolute atomic E-state index is 6.47. The van der Waals surface area contributed by atoms with Crippen molar-refractivity contribution in [3.05, 3.63) is 138 Å². The fourth-order valence-corrected chi connectivity index (χ4v) is 5.87. The van der Waals surface area contributed by atoms with E-state index >= 15 is 0 Å². The number of benzene rings is 4. The summed E-state index contributed by atoms with van der Waals surface area (Å²) in [6.07, 6.45) is 0.402. The number of aromatic nitrogens is 2. The lowest BCUT2D eigenvalue weighted by molar-refractivity contribution is -0.243. The summed E-state index contributed by atoms with van der Waals surface area (Å²) in [5.74, 6) is 0.779. The SMILES string of the molecule is CN(CCCOC[C@]1(C)CO[C@H](c2nc(-c3ccccc3)c(-c3ccccc3)n2Cc2ccccc2)OC1)Cc1ccccc1. The maximum atomic E-state index is 6.47. The quantitative estimate of drug-likeness (QED) is 0.129. The highest BCUT2D eigenvalue weighted by Crippen LogP contribution is 2.38. The summed E-state index contributed by atoms with van der Waals surface area (Å²) < 4.78 is 21.4. The molecule has 0 amide bonds. The predicted molar refractivity (Wildman–Crippen MR) is 180 cm³/mol. The molecule has 0 N–H and O–H groups in total. The Kier molecular flexibility index (Phi) is 10.2. The minimum absolute atomic E-state index is 0.228. The van der Waals surface area contributed by atoms with Crippen molar-refractivity contribution in [3.8, 4) is 22.5 Å². The molecular weight excluding hydrogens is 558 g/mol. The van der Waals surface area contributed by atoms with Crippen molar-refractivity contribution in [1.29, 1.82) is 0 Å². The van der Waals surface area contributed by atoms with E-state index in [9.17, 15) is 0 Å². The molecule has 6 rings (SSSR count). The van der Waals surface area contributed by atoms with Crippen molar-refractivity contribution in [2.45, 2.75) is 32.7 Å². The van der Waals surface area contributed by atoms with E-state index in [-0.39, 0.29) is 5.41 Å². The van der Waals surface area contributed by atoms with Crippen LogP contribution < -0.4 is 0 Å². The first-order chi connectivity index (χ1) is 22.1. The van der Waals surface area contributed by atoms with Crippen LogP contribution >= 0.6 is 0 Å². The Labute approximate surface area is 267 Å². The van der Waals surface area contributed by atoms with Crippen molar-refractivity contribution >= 4 is 0 Å². The van der Waals surface area contributed by atoms with E-state index in [1.54, 1.807) is 0 Å². The minimum Gasteiger partial charge on any atom is -0.381 e. The Morgan fingerprint density at radius 2 is 1.33 bits per heavy atom. The van der Waals surface area contributed by atoms with Gasteiger partial charge in [-0.05, 0) is 24.6 Å². The molecule has 6 nitrogen and oxygen atoms in total. The van der Waals surface area contributed by atoms with Gasteiger partial charge in [0.2, 0.25) is 6.29 Å². The normalized spacial score (nSPS) is 18.3. The molecule has 0 radical (unpaired) electrons. The highest BCUT2D eigenvalue weighted by Gasteiger charge is 2.37. The third-order valence-corrected chi connectivity index (χ3v) is 8.23. The Hall–Kier alpha value is -4.07. The summed E-state index contributed by atoms with van der Waals surface area (Å²) in [7, 11) is 2.16. The van der Waals surface area contributed by atoms with Crippen molar-refractivity contribution in [2.75, 3.05) is 40.0 Å². The van der Waals surface area contributed by atoms with Crippen LogP contribution in [0.1, 0.15) is 36.6 Å². The second kappa shape index (κ2) is 14.8. The molecule has 0 aliphatic carbocycles. The first-order valence-corrected chi connectivity index (χ1v) is 15.9. The first kappa shape index (κ1) is 30.9. The van der Waals surface area contributed by atoms with E-state index in [1.807, 2.05) is 18.2 Å². The second-order valence-electron chi connectivity index (χ2n) is 12.4. The van der Waals surface area contributed by atoms with Crippen LogP contribution in [0.4, 0.5) is 0 Å². The zero-order valence-electron chi connectivity index (χ0n) is 26.3. The fraction of sp³-hybridized carbons (Fsp3) is 0.308. The highest BCUT2D eigenvalue weighted by atomic mass is 16.7. The van der Waals surface area contributed by atoms with Gasteiger partial charge < -0.3 is 23.7 Å². The molecule has 1 aromatic heterocycles. The average molecular weight is 602 g/mol. The van der Waals surface area contributed by atoms with Crippen LogP contribution in [0.5, 0.6) is 0 Å². The molecule has 0 unspecified atom stereocenters. The predicted octanol–water partition coefficient (Wildman–Crippen LogP) is 7.86. The van der Waals surface area contributed by atoms with Crippen LogP contribution in [0.25, 0.3) is 22.5 Å². The molecule has 0 atom stereocenters. The number of hydrogen-bond donors (Lipinski definition) is 0. The molecule has 5 aromatic rings. The minimum atomic E-state index is -0.576. The molecule has 1 aliphatic rings. The van der Waals surface area contributed by atoms with E-state index in [2.05, 4.69) is 127 Å². The Morgan fingerprint density at radius 3 is 1.96 bits per heavy atom. The average Bonchev–Trinajstić information content (AvgIpc) is 3.45. The van der Waals surface area contributed by atoms with Gasteiger partial charge in [0.05, 0.1) is 31.2 Å². The van der Waals surface area contributed by atoms with Gasteiger partial charge in [-0.3, -0.25) is 0 Å². The van der Waals surface area contributed by atoms with Gasteiger partial charge in [0.1, 0.15) is 0 Å². The fourth-order valence-electron chi connectivity index (χ4n) is 5.87. The summed E-state index contributed by atoms with van der Waals surface area (Å²) in [5, 5.41) is 0. The summed E-state index contributed by atoms with van der Waals surface area (Å²) in [6, 6.07) is 41.9. The van der Waals surface area contributed by atoms with E-state index in [0.29, 0.717) is 33.0 Å². The van der Waals surface area contributed by atoms with E-state index in [0.717, 1.165) is 47.8 Å². The molecule has 1 aliphatic heterocycles. The van der Waals surface area contributed by atoms with Crippen molar-refractivity contribution in [2.24, 2.45) is 5.41 Å². The molecule has 0 spiro atoms. The van der Waals surface area contributed by atoms with Crippen LogP contribution in [0.3, 0.4) is 0 Å². The summed E-state index contributed by atoms with van der Waals surface area (Å²) in [6.45, 7) is 7.12. The standard InChI is InChI=1S/C39H43N3O3/c1-39(28-43-25-15-24-41(2)26-31-16-7-3-8-17-31)29-44-38(45-30-39)37-40-35(33-20-11-5-12-21-33)36(34-22-13-6-14-23-34)42(37)27-32-18-9-4-10-19-32/h3-14,16-23,38H,15,24-30H2,1-2H3/t38-,39+. The van der Waals surface area contributed by atoms with Gasteiger partial charge in [-0.2, -0.15) is 0 Å². The lowest BCUT2D eigenvalue weighted by Crippen LogP contribution is -2.40. The highest BCUT2D eigenvalue weighted by molar-refractivity contribution is 5.79. The number of nitrogens with zero attached hydrogens (tertiary/aromatic N) is 3. The Morgan fingerprint density at radius 1 is 0.778 bits per heavy atom. The van der Waals surface area contributed by atoms with Crippen LogP contribution in [-0.2, 0) is 27.3 Å². The lowest BCUT2D eigenvalue weighted by atomic mass is 9.93. The maximum Gasteiger partial charge on any atom is 0.217 e. The van der Waals surface area contributed by atoms with Crippen molar-refractivity contribution in [3.63, 3.8) is 0 Å². The second-order valence-corrected chi connectivity index (χ2v) is 12.4. The number of hydrogen-bond acceptors (Lipinski definition) is 5. The molecule has 2 heterocycles. The van der Waals surface area contributed by atoms with Gasteiger partial charge in [0.15, 0.2) is 5.82 Å². The Bertz CT molecular complexity index is 1600. The smallest absolute Gasteiger partial charge is 0.217 e. The van der Waals surface area contributed by atoms with Gasteiger partial charge in [0, 0.05) is 42.8 Å². The number of ether oxygens (including phenoxy) is 3. The Balaban J connectivity index is 1.15. The van der Waals surface area contributed by atoms with Crippen LogP contribution in [0.15, 0.2) is 121 Å². The van der Waals surface area contributed by atoms with Gasteiger partial charge in [-0.25, -0.2) is 4.98 Å². The number of rotatable bonds is 13. The molecule has 45 heavy (non-hydrogen) atoms. The molecule has 1 fully saturated rings. The molecule has 1 saturated heterocycles.